The minimum Gasteiger partial charge on any atom is -0.487 e. The first-order valence-electron chi connectivity index (χ1n) is 5.47. The molecule has 0 saturated heterocycles. The number of pyridine rings is 1. The summed E-state index contributed by atoms with van der Waals surface area (Å²) in [5.74, 6) is 0.749. The molecule has 0 aliphatic heterocycles. The molecule has 3 nitrogen and oxygen atoms in total. The van der Waals surface area contributed by atoms with Crippen LogP contribution in [0.1, 0.15) is 11.3 Å². The molecule has 0 unspecified atom stereocenters. The van der Waals surface area contributed by atoms with Crippen LogP contribution in [0.2, 0.25) is 5.02 Å². The largest absolute Gasteiger partial charge is 0.487 e. The molecule has 0 amide bonds. The zero-order chi connectivity index (χ0) is 12.8. The van der Waals surface area contributed by atoms with E-state index in [1.807, 2.05) is 24.3 Å². The van der Waals surface area contributed by atoms with Crippen LogP contribution in [-0.4, -0.2) is 4.98 Å². The van der Waals surface area contributed by atoms with Gasteiger partial charge in [0.05, 0.1) is 18.2 Å². The van der Waals surface area contributed by atoms with E-state index in [4.69, 9.17) is 21.6 Å². The van der Waals surface area contributed by atoms with E-state index in [0.717, 1.165) is 17.0 Å². The van der Waals surface area contributed by atoms with Crippen molar-refractivity contribution in [3.63, 3.8) is 0 Å². The molecule has 0 spiro atoms. The van der Waals surface area contributed by atoms with Crippen molar-refractivity contribution in [1.29, 1.82) is 5.26 Å². The molecule has 18 heavy (non-hydrogen) atoms. The number of halogens is 1. The van der Waals surface area contributed by atoms with E-state index < -0.39 is 0 Å². The third-order valence-corrected chi connectivity index (χ3v) is 2.61. The lowest BCUT2D eigenvalue weighted by atomic mass is 10.2. The van der Waals surface area contributed by atoms with Gasteiger partial charge in [-0.3, -0.25) is 4.98 Å². The maximum absolute atomic E-state index is 8.57. The summed E-state index contributed by atoms with van der Waals surface area (Å²) in [6, 6.07) is 13.0. The topological polar surface area (TPSA) is 45.9 Å². The van der Waals surface area contributed by atoms with Gasteiger partial charge < -0.3 is 4.74 Å². The predicted molar refractivity (Wildman–Crippen MR) is 69.3 cm³/mol. The highest BCUT2D eigenvalue weighted by atomic mass is 35.5. The first-order valence-corrected chi connectivity index (χ1v) is 5.85. The molecular weight excluding hydrogens is 248 g/mol. The van der Waals surface area contributed by atoms with E-state index in [9.17, 15) is 0 Å². The van der Waals surface area contributed by atoms with E-state index in [0.29, 0.717) is 18.1 Å². The fourth-order valence-corrected chi connectivity index (χ4v) is 1.66. The van der Waals surface area contributed by atoms with Crippen LogP contribution in [0.5, 0.6) is 5.75 Å². The lowest BCUT2D eigenvalue weighted by molar-refractivity contribution is 0.301. The normalized spacial score (nSPS) is 9.78. The third kappa shape index (κ3) is 3.47. The molecular formula is C14H11ClN2O. The number of benzene rings is 1. The number of hydrogen-bond donors (Lipinski definition) is 0. The summed E-state index contributed by atoms with van der Waals surface area (Å²) in [6.45, 7) is 0.373. The minimum absolute atomic E-state index is 0.373. The molecule has 0 aliphatic carbocycles. The van der Waals surface area contributed by atoms with Gasteiger partial charge in [0, 0.05) is 11.2 Å². The summed E-state index contributed by atoms with van der Waals surface area (Å²) < 4.78 is 5.58. The summed E-state index contributed by atoms with van der Waals surface area (Å²) in [6.07, 6.45) is 2.06. The Kier molecular flexibility index (Phi) is 4.16. The average Bonchev–Trinajstić information content (AvgIpc) is 2.38. The molecule has 1 heterocycles. The molecule has 0 radical (unpaired) electrons. The fourth-order valence-electron chi connectivity index (χ4n) is 1.48. The Labute approximate surface area is 111 Å². The molecule has 4 heteroatoms. The van der Waals surface area contributed by atoms with Crippen molar-refractivity contribution in [3.8, 4) is 11.8 Å². The predicted octanol–water partition coefficient (Wildman–Crippen LogP) is 3.38. The lowest BCUT2D eigenvalue weighted by Gasteiger charge is -2.06. The summed E-state index contributed by atoms with van der Waals surface area (Å²) >= 11 is 5.86. The number of hydrogen-bond acceptors (Lipinski definition) is 3. The molecule has 0 bridgehead atoms. The van der Waals surface area contributed by atoms with E-state index >= 15 is 0 Å². The van der Waals surface area contributed by atoms with Crippen molar-refractivity contribution >= 4 is 11.6 Å². The van der Waals surface area contributed by atoms with E-state index in [2.05, 4.69) is 11.1 Å². The second-order valence-corrected chi connectivity index (χ2v) is 4.17. The van der Waals surface area contributed by atoms with Crippen LogP contribution < -0.4 is 4.74 Å². The third-order valence-electron chi connectivity index (χ3n) is 2.37. The van der Waals surface area contributed by atoms with Gasteiger partial charge in [0.15, 0.2) is 0 Å². The monoisotopic (exact) mass is 258 g/mol. The van der Waals surface area contributed by atoms with E-state index in [-0.39, 0.29) is 0 Å². The first kappa shape index (κ1) is 12.4. The van der Waals surface area contributed by atoms with Crippen molar-refractivity contribution in [2.75, 3.05) is 0 Å². The number of aromatic nitrogens is 1. The number of ether oxygens (including phenoxy) is 1. The summed E-state index contributed by atoms with van der Waals surface area (Å²) in [5, 5.41) is 9.21. The maximum atomic E-state index is 8.57. The summed E-state index contributed by atoms with van der Waals surface area (Å²) in [7, 11) is 0. The molecule has 0 N–H and O–H groups in total. The van der Waals surface area contributed by atoms with Gasteiger partial charge in [-0.05, 0) is 29.8 Å². The molecule has 0 aliphatic rings. The zero-order valence-corrected chi connectivity index (χ0v) is 10.4. The Morgan fingerprint density at radius 2 is 2.00 bits per heavy atom. The second-order valence-electron chi connectivity index (χ2n) is 3.73. The fraction of sp³-hybridized carbons (Fsp3) is 0.143. The smallest absolute Gasteiger partial charge is 0.130 e. The van der Waals surface area contributed by atoms with Gasteiger partial charge in [-0.1, -0.05) is 23.7 Å². The van der Waals surface area contributed by atoms with Gasteiger partial charge in [-0.2, -0.15) is 5.26 Å². The Hall–Kier alpha value is -2.05. The molecule has 0 saturated carbocycles. The standard InChI is InChI=1S/C14H11ClN2O/c15-12-6-8-17-13(9-12)10-18-14-3-1-11(2-4-14)5-7-16/h1-4,6,8-9H,5,10H2. The Balaban J connectivity index is 1.96. The van der Waals surface area contributed by atoms with Crippen LogP contribution in [0.15, 0.2) is 42.6 Å². The Morgan fingerprint density at radius 3 is 2.67 bits per heavy atom. The van der Waals surface area contributed by atoms with Gasteiger partial charge in [-0.15, -0.1) is 0 Å². The van der Waals surface area contributed by atoms with Crippen molar-refractivity contribution < 1.29 is 4.74 Å². The molecule has 2 aromatic rings. The van der Waals surface area contributed by atoms with Crippen molar-refractivity contribution in [2.45, 2.75) is 13.0 Å². The van der Waals surface area contributed by atoms with Gasteiger partial charge in [0.1, 0.15) is 12.4 Å². The van der Waals surface area contributed by atoms with Gasteiger partial charge in [0.2, 0.25) is 0 Å². The van der Waals surface area contributed by atoms with Crippen molar-refractivity contribution in [1.82, 2.24) is 4.98 Å². The molecule has 1 aromatic carbocycles. The van der Waals surface area contributed by atoms with Crippen molar-refractivity contribution in [2.24, 2.45) is 0 Å². The van der Waals surface area contributed by atoms with Crippen LogP contribution in [0, 0.1) is 11.3 Å². The van der Waals surface area contributed by atoms with Crippen LogP contribution >= 0.6 is 11.6 Å². The SMILES string of the molecule is N#CCc1ccc(OCc2cc(Cl)ccn2)cc1. The van der Waals surface area contributed by atoms with E-state index in [1.54, 1.807) is 18.3 Å². The van der Waals surface area contributed by atoms with Crippen LogP contribution in [0.4, 0.5) is 0 Å². The first-order chi connectivity index (χ1) is 8.78. The molecule has 2 rings (SSSR count). The maximum Gasteiger partial charge on any atom is 0.130 e. The van der Waals surface area contributed by atoms with Gasteiger partial charge in [0.25, 0.3) is 0 Å². The molecule has 0 atom stereocenters. The number of rotatable bonds is 4. The lowest BCUT2D eigenvalue weighted by Crippen LogP contribution is -1.97. The Bertz CT molecular complexity index is 561. The number of nitrogens with zero attached hydrogens (tertiary/aromatic N) is 2. The molecule has 90 valence electrons. The minimum atomic E-state index is 0.373. The molecule has 1 aromatic heterocycles. The van der Waals surface area contributed by atoms with Gasteiger partial charge >= 0.3 is 0 Å². The highest BCUT2D eigenvalue weighted by Gasteiger charge is 1.99. The highest BCUT2D eigenvalue weighted by Crippen LogP contribution is 2.15. The Morgan fingerprint density at radius 1 is 1.22 bits per heavy atom. The molecule has 0 fully saturated rings. The van der Waals surface area contributed by atoms with Crippen molar-refractivity contribution in [3.05, 3.63) is 58.9 Å². The second kappa shape index (κ2) is 6.04. The summed E-state index contributed by atoms with van der Waals surface area (Å²) in [4.78, 5) is 4.15. The average molecular weight is 259 g/mol. The van der Waals surface area contributed by atoms with Crippen LogP contribution in [0.3, 0.4) is 0 Å². The quantitative estimate of drug-likeness (QED) is 0.845. The van der Waals surface area contributed by atoms with Crippen LogP contribution in [-0.2, 0) is 13.0 Å². The highest BCUT2D eigenvalue weighted by molar-refractivity contribution is 6.30. The summed E-state index contributed by atoms with van der Waals surface area (Å²) in [5.41, 5.74) is 1.76. The van der Waals surface area contributed by atoms with Crippen LogP contribution in [0.25, 0.3) is 0 Å². The number of nitriles is 1. The van der Waals surface area contributed by atoms with Gasteiger partial charge in [-0.25, -0.2) is 0 Å². The van der Waals surface area contributed by atoms with E-state index in [1.165, 1.54) is 0 Å². The zero-order valence-electron chi connectivity index (χ0n) is 9.64.